The van der Waals surface area contributed by atoms with Crippen LogP contribution in [0.15, 0.2) is 6.07 Å². The van der Waals surface area contributed by atoms with Crippen LogP contribution in [0.25, 0.3) is 0 Å². The molecule has 1 atom stereocenters. The third kappa shape index (κ3) is 6.34. The van der Waals surface area contributed by atoms with Crippen LogP contribution in [0.3, 0.4) is 0 Å². The van der Waals surface area contributed by atoms with E-state index in [0.717, 1.165) is 44.8 Å². The molecule has 0 bridgehead atoms. The van der Waals surface area contributed by atoms with Gasteiger partial charge in [-0.1, -0.05) is 20.8 Å². The summed E-state index contributed by atoms with van der Waals surface area (Å²) in [4.78, 5) is 14.3. The molecule has 1 aliphatic heterocycles. The van der Waals surface area contributed by atoms with Crippen molar-refractivity contribution in [2.45, 2.75) is 60.1 Å². The van der Waals surface area contributed by atoms with Gasteiger partial charge in [0.1, 0.15) is 0 Å². The molecule has 1 aliphatic rings. The van der Waals surface area contributed by atoms with E-state index in [1.807, 2.05) is 16.5 Å². The third-order valence-electron chi connectivity index (χ3n) is 4.58. The molecule has 1 N–H and O–H groups in total. The maximum absolute atomic E-state index is 12.4. The van der Waals surface area contributed by atoms with Crippen LogP contribution in [0.5, 0.6) is 0 Å². The normalized spacial score (nSPS) is 17.1. The number of aryl methyl sites for hydroxylation is 2. The Balaban J connectivity index is 1.67. The van der Waals surface area contributed by atoms with Crippen molar-refractivity contribution < 1.29 is 9.53 Å². The summed E-state index contributed by atoms with van der Waals surface area (Å²) in [6.07, 6.45) is 2.17. The Morgan fingerprint density at radius 3 is 2.56 bits per heavy atom. The van der Waals surface area contributed by atoms with Gasteiger partial charge in [0.25, 0.3) is 0 Å². The van der Waals surface area contributed by atoms with Gasteiger partial charge in [-0.15, -0.1) is 0 Å². The zero-order valence-electron chi connectivity index (χ0n) is 16.4. The summed E-state index contributed by atoms with van der Waals surface area (Å²) in [6.45, 7) is 14.4. The zero-order valence-corrected chi connectivity index (χ0v) is 16.4. The molecule has 0 saturated carbocycles. The molecule has 2 amide bonds. The standard InChI is InChI=1S/C19H34N4O2/c1-14(2)13-25-18-6-8-22(9-7-18)19(24)20-11-15(3)12-23-17(5)10-16(4)21-23/h10,14-15,18H,6-9,11-13H2,1-5H3,(H,20,24). The summed E-state index contributed by atoms with van der Waals surface area (Å²) in [5, 5.41) is 7.55. The number of amides is 2. The van der Waals surface area contributed by atoms with E-state index in [9.17, 15) is 4.79 Å². The fraction of sp³-hybridized carbons (Fsp3) is 0.789. The number of hydrogen-bond donors (Lipinski definition) is 1. The summed E-state index contributed by atoms with van der Waals surface area (Å²) in [7, 11) is 0. The van der Waals surface area contributed by atoms with Gasteiger partial charge in [0.2, 0.25) is 0 Å². The molecule has 1 aromatic rings. The molecule has 0 aliphatic carbocycles. The highest BCUT2D eigenvalue weighted by Gasteiger charge is 2.23. The van der Waals surface area contributed by atoms with Gasteiger partial charge in [-0.3, -0.25) is 4.68 Å². The number of ether oxygens (including phenoxy) is 1. The first-order chi connectivity index (χ1) is 11.8. The minimum absolute atomic E-state index is 0.0440. The lowest BCUT2D eigenvalue weighted by molar-refractivity contribution is 0.00208. The Morgan fingerprint density at radius 1 is 1.32 bits per heavy atom. The van der Waals surface area contributed by atoms with Crippen molar-refractivity contribution in [2.24, 2.45) is 11.8 Å². The van der Waals surface area contributed by atoms with Gasteiger partial charge in [0.05, 0.1) is 11.8 Å². The van der Waals surface area contributed by atoms with E-state index in [1.165, 1.54) is 5.69 Å². The Kier molecular flexibility index (Phi) is 7.29. The highest BCUT2D eigenvalue weighted by atomic mass is 16.5. The monoisotopic (exact) mass is 350 g/mol. The second-order valence-electron chi connectivity index (χ2n) is 7.81. The van der Waals surface area contributed by atoms with Crippen molar-refractivity contribution in [3.05, 3.63) is 17.5 Å². The Hall–Kier alpha value is -1.56. The van der Waals surface area contributed by atoms with Crippen molar-refractivity contribution >= 4 is 6.03 Å². The van der Waals surface area contributed by atoms with Crippen molar-refractivity contribution in [2.75, 3.05) is 26.2 Å². The zero-order chi connectivity index (χ0) is 18.4. The highest BCUT2D eigenvalue weighted by Crippen LogP contribution is 2.15. The Labute approximate surface area is 151 Å². The molecule has 142 valence electrons. The highest BCUT2D eigenvalue weighted by molar-refractivity contribution is 5.74. The number of hydrogen-bond acceptors (Lipinski definition) is 3. The van der Waals surface area contributed by atoms with Crippen molar-refractivity contribution in [3.63, 3.8) is 0 Å². The maximum Gasteiger partial charge on any atom is 0.317 e. The van der Waals surface area contributed by atoms with Crippen LogP contribution in [-0.2, 0) is 11.3 Å². The number of likely N-dealkylation sites (tertiary alicyclic amines) is 1. The minimum atomic E-state index is 0.0440. The average Bonchev–Trinajstić information content (AvgIpc) is 2.88. The second-order valence-corrected chi connectivity index (χ2v) is 7.81. The summed E-state index contributed by atoms with van der Waals surface area (Å²) >= 11 is 0. The topological polar surface area (TPSA) is 59.4 Å². The number of rotatable bonds is 7. The number of aromatic nitrogens is 2. The molecular formula is C19H34N4O2. The summed E-state index contributed by atoms with van der Waals surface area (Å²) in [5.74, 6) is 0.902. The average molecular weight is 351 g/mol. The SMILES string of the molecule is Cc1cc(C)n(CC(C)CNC(=O)N2CCC(OCC(C)C)CC2)n1. The molecule has 0 spiro atoms. The summed E-state index contributed by atoms with van der Waals surface area (Å²) < 4.78 is 7.90. The van der Waals surface area contributed by atoms with E-state index in [-0.39, 0.29) is 6.03 Å². The first kappa shape index (κ1) is 19.8. The largest absolute Gasteiger partial charge is 0.378 e. The molecule has 25 heavy (non-hydrogen) atoms. The van der Waals surface area contributed by atoms with E-state index in [4.69, 9.17) is 4.74 Å². The van der Waals surface area contributed by atoms with Gasteiger partial charge >= 0.3 is 6.03 Å². The van der Waals surface area contributed by atoms with Crippen LogP contribution in [-0.4, -0.2) is 53.1 Å². The predicted molar refractivity (Wildman–Crippen MR) is 99.6 cm³/mol. The molecule has 1 fully saturated rings. The smallest absolute Gasteiger partial charge is 0.317 e. The summed E-state index contributed by atoms with van der Waals surface area (Å²) in [6, 6.07) is 2.12. The molecular weight excluding hydrogens is 316 g/mol. The molecule has 2 heterocycles. The van der Waals surface area contributed by atoms with Crippen LogP contribution in [0.2, 0.25) is 0 Å². The maximum atomic E-state index is 12.4. The fourth-order valence-electron chi connectivity index (χ4n) is 3.15. The molecule has 6 nitrogen and oxygen atoms in total. The van der Waals surface area contributed by atoms with Gasteiger partial charge in [-0.25, -0.2) is 4.79 Å². The molecule has 1 aromatic heterocycles. The molecule has 2 rings (SSSR count). The van der Waals surface area contributed by atoms with Gasteiger partial charge in [0, 0.05) is 38.5 Å². The first-order valence-electron chi connectivity index (χ1n) is 9.50. The van der Waals surface area contributed by atoms with E-state index >= 15 is 0 Å². The number of urea groups is 1. The van der Waals surface area contributed by atoms with E-state index < -0.39 is 0 Å². The number of carbonyl (C=O) groups is 1. The predicted octanol–water partition coefficient (Wildman–Crippen LogP) is 2.98. The molecule has 6 heteroatoms. The van der Waals surface area contributed by atoms with Crippen LogP contribution in [0.1, 0.15) is 45.0 Å². The summed E-state index contributed by atoms with van der Waals surface area (Å²) in [5.41, 5.74) is 2.20. The number of carbonyl (C=O) groups excluding carboxylic acids is 1. The number of nitrogens with zero attached hydrogens (tertiary/aromatic N) is 3. The molecule has 1 unspecified atom stereocenters. The van der Waals surface area contributed by atoms with Crippen LogP contribution in [0, 0.1) is 25.7 Å². The molecule has 0 aromatic carbocycles. The van der Waals surface area contributed by atoms with Gasteiger partial charge in [-0.05, 0) is 44.6 Å². The first-order valence-corrected chi connectivity index (χ1v) is 9.50. The van der Waals surface area contributed by atoms with Gasteiger partial charge < -0.3 is 15.0 Å². The van der Waals surface area contributed by atoms with Crippen LogP contribution < -0.4 is 5.32 Å². The second kappa shape index (κ2) is 9.22. The van der Waals surface area contributed by atoms with Crippen molar-refractivity contribution in [3.8, 4) is 0 Å². The van der Waals surface area contributed by atoms with Crippen LogP contribution in [0.4, 0.5) is 4.79 Å². The lowest BCUT2D eigenvalue weighted by Crippen LogP contribution is -2.47. The van der Waals surface area contributed by atoms with Gasteiger partial charge in [-0.2, -0.15) is 5.10 Å². The molecule has 1 saturated heterocycles. The lowest BCUT2D eigenvalue weighted by Gasteiger charge is -2.32. The van der Waals surface area contributed by atoms with Crippen molar-refractivity contribution in [1.82, 2.24) is 20.0 Å². The quantitative estimate of drug-likeness (QED) is 0.822. The van der Waals surface area contributed by atoms with E-state index in [0.29, 0.717) is 24.5 Å². The number of piperidine rings is 1. The van der Waals surface area contributed by atoms with Crippen molar-refractivity contribution in [1.29, 1.82) is 0 Å². The minimum Gasteiger partial charge on any atom is -0.378 e. The lowest BCUT2D eigenvalue weighted by atomic mass is 10.1. The van der Waals surface area contributed by atoms with E-state index in [1.54, 1.807) is 0 Å². The third-order valence-corrected chi connectivity index (χ3v) is 4.58. The Bertz CT molecular complexity index is 548. The molecule has 0 radical (unpaired) electrons. The number of nitrogens with one attached hydrogen (secondary N) is 1. The van der Waals surface area contributed by atoms with Gasteiger partial charge in [0.15, 0.2) is 0 Å². The Morgan fingerprint density at radius 2 is 2.00 bits per heavy atom. The fourth-order valence-corrected chi connectivity index (χ4v) is 3.15. The van der Waals surface area contributed by atoms with E-state index in [2.05, 4.69) is 44.2 Å². The van der Waals surface area contributed by atoms with Crippen LogP contribution >= 0.6 is 0 Å².